The summed E-state index contributed by atoms with van der Waals surface area (Å²) >= 11 is 5.99. The molecule has 1 aliphatic rings. The summed E-state index contributed by atoms with van der Waals surface area (Å²) < 4.78 is 24.1. The average molecular weight is 393 g/mol. The summed E-state index contributed by atoms with van der Waals surface area (Å²) in [7, 11) is 1.38. The lowest BCUT2D eigenvalue weighted by atomic mass is 10.1. The van der Waals surface area contributed by atoms with E-state index >= 15 is 0 Å². The van der Waals surface area contributed by atoms with Crippen LogP contribution in [0.4, 0.5) is 10.1 Å². The van der Waals surface area contributed by atoms with Crippen molar-refractivity contribution in [2.45, 2.75) is 13.0 Å². The largest absolute Gasteiger partial charge is 0.494 e. The van der Waals surface area contributed by atoms with Crippen LogP contribution in [0, 0.1) is 5.82 Å². The van der Waals surface area contributed by atoms with Crippen LogP contribution < -0.4 is 19.7 Å². The number of halogens is 2. The molecule has 1 aliphatic heterocycles. The number of nitrogens with zero attached hydrogens (tertiary/aromatic N) is 1. The molecule has 0 bridgehead atoms. The number of anilines is 1. The summed E-state index contributed by atoms with van der Waals surface area (Å²) in [5.74, 6) is -0.632. The molecule has 1 unspecified atom stereocenters. The van der Waals surface area contributed by atoms with Gasteiger partial charge in [-0.25, -0.2) is 4.39 Å². The van der Waals surface area contributed by atoms with Gasteiger partial charge in [0.15, 0.2) is 18.2 Å². The summed E-state index contributed by atoms with van der Waals surface area (Å²) in [5, 5.41) is 3.19. The first-order valence-electron chi connectivity index (χ1n) is 8.24. The van der Waals surface area contributed by atoms with Crippen LogP contribution in [-0.4, -0.2) is 32.1 Å². The number of fused-ring (bicyclic) bond motifs is 1. The first-order valence-corrected chi connectivity index (χ1v) is 8.62. The van der Waals surface area contributed by atoms with Crippen molar-refractivity contribution in [1.29, 1.82) is 0 Å². The molecule has 8 heteroatoms. The van der Waals surface area contributed by atoms with Gasteiger partial charge in [0.05, 0.1) is 18.8 Å². The Morgan fingerprint density at radius 2 is 2.15 bits per heavy atom. The lowest BCUT2D eigenvalue weighted by Gasteiger charge is -2.29. The number of nitrogens with one attached hydrogen (secondary N) is 1. The maximum Gasteiger partial charge on any atom is 0.265 e. The molecule has 142 valence electrons. The van der Waals surface area contributed by atoms with Gasteiger partial charge in [0.2, 0.25) is 5.91 Å². The highest BCUT2D eigenvalue weighted by Gasteiger charge is 2.28. The molecule has 0 saturated carbocycles. The van der Waals surface area contributed by atoms with Crippen molar-refractivity contribution >= 4 is 29.1 Å². The highest BCUT2D eigenvalue weighted by molar-refractivity contribution is 6.31. The number of amides is 2. The van der Waals surface area contributed by atoms with Crippen LogP contribution in [0.15, 0.2) is 36.4 Å². The van der Waals surface area contributed by atoms with E-state index in [9.17, 15) is 14.0 Å². The van der Waals surface area contributed by atoms with E-state index in [1.807, 2.05) is 0 Å². The minimum absolute atomic E-state index is 0.129. The fraction of sp³-hybridized carbons (Fsp3) is 0.263. The smallest absolute Gasteiger partial charge is 0.265 e. The Morgan fingerprint density at radius 3 is 2.85 bits per heavy atom. The number of carbonyl (C=O) groups is 2. The fourth-order valence-electron chi connectivity index (χ4n) is 2.81. The molecule has 0 aromatic heterocycles. The number of rotatable bonds is 5. The van der Waals surface area contributed by atoms with E-state index in [-0.39, 0.29) is 30.7 Å². The topological polar surface area (TPSA) is 67.9 Å². The lowest BCUT2D eigenvalue weighted by molar-refractivity contribution is -0.125. The second-order valence-electron chi connectivity index (χ2n) is 6.06. The van der Waals surface area contributed by atoms with Crippen molar-refractivity contribution in [1.82, 2.24) is 5.32 Å². The third-order valence-electron chi connectivity index (χ3n) is 4.22. The summed E-state index contributed by atoms with van der Waals surface area (Å²) in [6.45, 7) is 1.38. The van der Waals surface area contributed by atoms with Gasteiger partial charge in [0.25, 0.3) is 5.91 Å². The monoisotopic (exact) mass is 392 g/mol. The molecule has 0 aliphatic carbocycles. The summed E-state index contributed by atoms with van der Waals surface area (Å²) in [6.07, 6.45) is 0. The van der Waals surface area contributed by atoms with E-state index in [1.165, 1.54) is 24.1 Å². The number of carbonyl (C=O) groups excluding carboxylic acids is 2. The SMILES string of the molecule is COc1ccc(C(C)NC(=O)CN2C(=O)COc3ccc(Cl)cc32)cc1F. The molecule has 1 atom stereocenters. The quantitative estimate of drug-likeness (QED) is 0.849. The Bertz CT molecular complexity index is 890. The van der Waals surface area contributed by atoms with Crippen LogP contribution in [0.5, 0.6) is 11.5 Å². The van der Waals surface area contributed by atoms with E-state index in [2.05, 4.69) is 5.32 Å². The van der Waals surface area contributed by atoms with Crippen LogP contribution in [-0.2, 0) is 9.59 Å². The maximum atomic E-state index is 13.9. The van der Waals surface area contributed by atoms with Crippen LogP contribution in [0.2, 0.25) is 5.02 Å². The van der Waals surface area contributed by atoms with Crippen molar-refractivity contribution < 1.29 is 23.5 Å². The number of hydrogen-bond donors (Lipinski definition) is 1. The van der Waals surface area contributed by atoms with Crippen molar-refractivity contribution in [2.75, 3.05) is 25.2 Å². The normalized spacial score (nSPS) is 14.2. The number of hydrogen-bond acceptors (Lipinski definition) is 4. The summed E-state index contributed by atoms with van der Waals surface area (Å²) in [4.78, 5) is 26.0. The standard InChI is InChI=1S/C19H18ClFN2O4/c1-11(12-3-5-16(26-2)14(21)7-12)22-18(24)9-23-15-8-13(20)4-6-17(15)27-10-19(23)25/h3-8,11H,9-10H2,1-2H3,(H,22,24). The predicted molar refractivity (Wildman–Crippen MR) is 98.8 cm³/mol. The van der Waals surface area contributed by atoms with Gasteiger partial charge in [-0.15, -0.1) is 0 Å². The van der Waals surface area contributed by atoms with Gasteiger partial charge in [-0.3, -0.25) is 14.5 Å². The summed E-state index contributed by atoms with van der Waals surface area (Å²) in [6, 6.07) is 8.89. The average Bonchev–Trinajstić information content (AvgIpc) is 2.64. The molecule has 2 aromatic carbocycles. The van der Waals surface area contributed by atoms with E-state index < -0.39 is 11.9 Å². The summed E-state index contributed by atoms with van der Waals surface area (Å²) in [5.41, 5.74) is 1.02. The van der Waals surface area contributed by atoms with Gasteiger partial charge in [-0.05, 0) is 42.8 Å². The molecule has 1 heterocycles. The van der Waals surface area contributed by atoms with Crippen LogP contribution in [0.1, 0.15) is 18.5 Å². The molecule has 2 amide bonds. The molecule has 6 nitrogen and oxygen atoms in total. The minimum atomic E-state index is -0.511. The van der Waals surface area contributed by atoms with Crippen LogP contribution >= 0.6 is 11.6 Å². The Balaban J connectivity index is 1.71. The van der Waals surface area contributed by atoms with E-state index in [1.54, 1.807) is 31.2 Å². The zero-order valence-corrected chi connectivity index (χ0v) is 15.5. The van der Waals surface area contributed by atoms with E-state index in [0.29, 0.717) is 22.0 Å². The van der Waals surface area contributed by atoms with Gasteiger partial charge in [0.1, 0.15) is 12.3 Å². The van der Waals surface area contributed by atoms with Gasteiger partial charge in [-0.1, -0.05) is 17.7 Å². The van der Waals surface area contributed by atoms with Crippen molar-refractivity contribution in [2.24, 2.45) is 0 Å². The van der Waals surface area contributed by atoms with Crippen molar-refractivity contribution in [3.8, 4) is 11.5 Å². The fourth-order valence-corrected chi connectivity index (χ4v) is 2.98. The second-order valence-corrected chi connectivity index (χ2v) is 6.50. The van der Waals surface area contributed by atoms with Gasteiger partial charge < -0.3 is 14.8 Å². The number of benzene rings is 2. The lowest BCUT2D eigenvalue weighted by Crippen LogP contribution is -2.45. The first kappa shape index (κ1) is 19.0. The Hall–Kier alpha value is -2.80. The highest BCUT2D eigenvalue weighted by Crippen LogP contribution is 2.34. The molecular weight excluding hydrogens is 375 g/mol. The van der Waals surface area contributed by atoms with Gasteiger partial charge in [0, 0.05) is 5.02 Å². The molecule has 3 rings (SSSR count). The Kier molecular flexibility index (Phi) is 5.51. The molecule has 27 heavy (non-hydrogen) atoms. The number of ether oxygens (including phenoxy) is 2. The zero-order chi connectivity index (χ0) is 19.6. The molecule has 0 spiro atoms. The molecule has 0 radical (unpaired) electrons. The number of methoxy groups -OCH3 is 1. The Labute approximate surface area is 160 Å². The second kappa shape index (κ2) is 7.84. The first-order chi connectivity index (χ1) is 12.9. The minimum Gasteiger partial charge on any atom is -0.494 e. The van der Waals surface area contributed by atoms with Gasteiger partial charge >= 0.3 is 0 Å². The Morgan fingerprint density at radius 1 is 1.37 bits per heavy atom. The molecular formula is C19H18ClFN2O4. The molecule has 0 saturated heterocycles. The molecule has 2 aromatic rings. The van der Waals surface area contributed by atoms with Crippen molar-refractivity contribution in [3.05, 3.63) is 52.8 Å². The zero-order valence-electron chi connectivity index (χ0n) is 14.8. The molecule has 1 N–H and O–H groups in total. The van der Waals surface area contributed by atoms with Crippen LogP contribution in [0.3, 0.4) is 0 Å². The van der Waals surface area contributed by atoms with Crippen molar-refractivity contribution in [3.63, 3.8) is 0 Å². The third-order valence-corrected chi connectivity index (χ3v) is 4.45. The maximum absolute atomic E-state index is 13.9. The van der Waals surface area contributed by atoms with E-state index in [4.69, 9.17) is 21.1 Å². The van der Waals surface area contributed by atoms with Crippen LogP contribution in [0.25, 0.3) is 0 Å². The third kappa shape index (κ3) is 4.14. The van der Waals surface area contributed by atoms with E-state index in [0.717, 1.165) is 0 Å². The highest BCUT2D eigenvalue weighted by atomic mass is 35.5. The molecule has 0 fully saturated rings. The predicted octanol–water partition coefficient (Wildman–Crippen LogP) is 3.09. The van der Waals surface area contributed by atoms with Gasteiger partial charge in [-0.2, -0.15) is 0 Å².